The van der Waals surface area contributed by atoms with Crippen LogP contribution in [0.4, 0.5) is 0 Å². The molecule has 0 saturated carbocycles. The molecular formula is C8H19NO2. The topological polar surface area (TPSA) is 52.5 Å². The van der Waals surface area contributed by atoms with Crippen LogP contribution >= 0.6 is 0 Å². The number of hydrogen-bond acceptors (Lipinski definition) is 3. The van der Waals surface area contributed by atoms with Crippen LogP contribution in [-0.2, 0) is 0 Å². The first kappa shape index (κ1) is 10.9. The molecule has 0 bridgehead atoms. The van der Waals surface area contributed by atoms with Crippen LogP contribution in [0.15, 0.2) is 0 Å². The van der Waals surface area contributed by atoms with Gasteiger partial charge >= 0.3 is 0 Å². The monoisotopic (exact) mass is 161 g/mol. The lowest BCUT2D eigenvalue weighted by atomic mass is 10.1. The molecule has 0 aliphatic rings. The average Bonchev–Trinajstić information content (AvgIpc) is 1.97. The number of hydrogen-bond donors (Lipinski definition) is 3. The second kappa shape index (κ2) is 6.58. The Morgan fingerprint density at radius 2 is 2.09 bits per heavy atom. The Bertz CT molecular complexity index is 86.2. The number of nitrogens with one attached hydrogen (secondary N) is 1. The van der Waals surface area contributed by atoms with E-state index in [4.69, 9.17) is 5.11 Å². The van der Waals surface area contributed by atoms with Crippen LogP contribution < -0.4 is 5.32 Å². The lowest BCUT2D eigenvalue weighted by Crippen LogP contribution is -2.39. The van der Waals surface area contributed by atoms with Gasteiger partial charge in [-0.2, -0.15) is 0 Å². The van der Waals surface area contributed by atoms with Gasteiger partial charge in [-0.15, -0.1) is 0 Å². The summed E-state index contributed by atoms with van der Waals surface area (Å²) in [6.07, 6.45) is 1.29. The summed E-state index contributed by atoms with van der Waals surface area (Å²) in [7, 11) is 0. The van der Waals surface area contributed by atoms with Crippen LogP contribution in [-0.4, -0.2) is 35.5 Å². The zero-order chi connectivity index (χ0) is 8.69. The van der Waals surface area contributed by atoms with Crippen molar-refractivity contribution in [3.63, 3.8) is 0 Å². The molecule has 0 spiro atoms. The fourth-order valence-electron chi connectivity index (χ4n) is 0.983. The standard InChI is InChI=1S/C8H19NO2/c1-3-5-9-8(4-6-10)7(2)11/h7-11H,3-6H2,1-2H3. The van der Waals surface area contributed by atoms with E-state index in [2.05, 4.69) is 12.2 Å². The third-order valence-electron chi connectivity index (χ3n) is 1.68. The average molecular weight is 161 g/mol. The summed E-state index contributed by atoms with van der Waals surface area (Å²) in [5.41, 5.74) is 0. The van der Waals surface area contributed by atoms with Gasteiger partial charge in [0.15, 0.2) is 0 Å². The van der Waals surface area contributed by atoms with Crippen molar-refractivity contribution in [1.29, 1.82) is 0 Å². The summed E-state index contributed by atoms with van der Waals surface area (Å²) in [5.74, 6) is 0. The largest absolute Gasteiger partial charge is 0.396 e. The zero-order valence-corrected chi connectivity index (χ0v) is 7.38. The second-order valence-electron chi connectivity index (χ2n) is 2.81. The summed E-state index contributed by atoms with van der Waals surface area (Å²) in [6, 6.07) is 0.0416. The smallest absolute Gasteiger partial charge is 0.0665 e. The molecule has 3 heteroatoms. The highest BCUT2D eigenvalue weighted by atomic mass is 16.3. The molecule has 0 radical (unpaired) electrons. The van der Waals surface area contributed by atoms with Gasteiger partial charge in [0.25, 0.3) is 0 Å². The van der Waals surface area contributed by atoms with E-state index in [1.54, 1.807) is 6.92 Å². The van der Waals surface area contributed by atoms with Crippen molar-refractivity contribution in [3.8, 4) is 0 Å². The fraction of sp³-hybridized carbons (Fsp3) is 1.00. The van der Waals surface area contributed by atoms with Gasteiger partial charge in [0, 0.05) is 12.6 Å². The summed E-state index contributed by atoms with van der Waals surface area (Å²) < 4.78 is 0. The van der Waals surface area contributed by atoms with Gasteiger partial charge in [0.1, 0.15) is 0 Å². The number of aliphatic hydroxyl groups excluding tert-OH is 2. The Labute approximate surface area is 68.4 Å². The molecule has 2 atom stereocenters. The van der Waals surface area contributed by atoms with Gasteiger partial charge in [-0.3, -0.25) is 0 Å². The molecule has 11 heavy (non-hydrogen) atoms. The van der Waals surface area contributed by atoms with E-state index in [-0.39, 0.29) is 18.8 Å². The predicted octanol–water partition coefficient (Wildman–Crippen LogP) is 0.118. The van der Waals surface area contributed by atoms with Crippen molar-refractivity contribution in [2.24, 2.45) is 0 Å². The quantitative estimate of drug-likeness (QED) is 0.518. The molecule has 0 rings (SSSR count). The highest BCUT2D eigenvalue weighted by Gasteiger charge is 2.11. The predicted molar refractivity (Wildman–Crippen MR) is 45.5 cm³/mol. The first-order valence-corrected chi connectivity index (χ1v) is 4.24. The minimum absolute atomic E-state index is 0.0416. The maximum absolute atomic E-state index is 9.20. The summed E-state index contributed by atoms with van der Waals surface area (Å²) >= 11 is 0. The lowest BCUT2D eigenvalue weighted by molar-refractivity contribution is 0.125. The molecule has 0 aliphatic carbocycles. The van der Waals surface area contributed by atoms with Crippen LogP contribution in [0, 0.1) is 0 Å². The molecule has 0 heterocycles. The van der Waals surface area contributed by atoms with Gasteiger partial charge in [-0.1, -0.05) is 6.92 Å². The van der Waals surface area contributed by atoms with Crippen LogP contribution in [0.1, 0.15) is 26.7 Å². The van der Waals surface area contributed by atoms with Gasteiger partial charge in [0.2, 0.25) is 0 Å². The Kier molecular flexibility index (Phi) is 6.51. The molecule has 0 aromatic heterocycles. The normalized spacial score (nSPS) is 16.4. The summed E-state index contributed by atoms with van der Waals surface area (Å²) in [4.78, 5) is 0. The number of rotatable bonds is 6. The first-order valence-electron chi connectivity index (χ1n) is 4.24. The summed E-state index contributed by atoms with van der Waals surface area (Å²) in [5, 5.41) is 21.0. The summed E-state index contributed by atoms with van der Waals surface area (Å²) in [6.45, 7) is 4.84. The van der Waals surface area contributed by atoms with Gasteiger partial charge in [-0.25, -0.2) is 0 Å². The van der Waals surface area contributed by atoms with E-state index in [9.17, 15) is 5.11 Å². The fourth-order valence-corrected chi connectivity index (χ4v) is 0.983. The molecule has 3 N–H and O–H groups in total. The van der Waals surface area contributed by atoms with Crippen molar-refractivity contribution in [2.75, 3.05) is 13.2 Å². The van der Waals surface area contributed by atoms with Crippen LogP contribution in [0.25, 0.3) is 0 Å². The SMILES string of the molecule is CCCNC(CCO)C(C)O. The van der Waals surface area contributed by atoms with Crippen LogP contribution in [0.5, 0.6) is 0 Å². The van der Waals surface area contributed by atoms with Crippen molar-refractivity contribution in [3.05, 3.63) is 0 Å². The van der Waals surface area contributed by atoms with Gasteiger partial charge in [0.05, 0.1) is 6.10 Å². The van der Waals surface area contributed by atoms with E-state index < -0.39 is 0 Å². The first-order chi connectivity index (χ1) is 5.22. The minimum atomic E-state index is -0.381. The van der Waals surface area contributed by atoms with Gasteiger partial charge < -0.3 is 15.5 Å². The second-order valence-corrected chi connectivity index (χ2v) is 2.81. The Morgan fingerprint density at radius 3 is 2.45 bits per heavy atom. The third kappa shape index (κ3) is 5.18. The Morgan fingerprint density at radius 1 is 1.45 bits per heavy atom. The van der Waals surface area contributed by atoms with Gasteiger partial charge in [-0.05, 0) is 26.3 Å². The van der Waals surface area contributed by atoms with E-state index >= 15 is 0 Å². The zero-order valence-electron chi connectivity index (χ0n) is 7.38. The molecule has 0 amide bonds. The maximum Gasteiger partial charge on any atom is 0.0665 e. The molecular weight excluding hydrogens is 142 g/mol. The molecule has 3 nitrogen and oxygen atoms in total. The number of aliphatic hydroxyl groups is 2. The van der Waals surface area contributed by atoms with E-state index in [1.165, 1.54) is 0 Å². The lowest BCUT2D eigenvalue weighted by Gasteiger charge is -2.19. The van der Waals surface area contributed by atoms with Crippen molar-refractivity contribution < 1.29 is 10.2 Å². The van der Waals surface area contributed by atoms with Crippen molar-refractivity contribution >= 4 is 0 Å². The highest BCUT2D eigenvalue weighted by molar-refractivity contribution is 4.71. The molecule has 68 valence electrons. The minimum Gasteiger partial charge on any atom is -0.396 e. The van der Waals surface area contributed by atoms with Crippen LogP contribution in [0.3, 0.4) is 0 Å². The van der Waals surface area contributed by atoms with Crippen molar-refractivity contribution in [2.45, 2.75) is 38.8 Å². The van der Waals surface area contributed by atoms with E-state index in [1.807, 2.05) is 0 Å². The van der Waals surface area contributed by atoms with Crippen LogP contribution in [0.2, 0.25) is 0 Å². The van der Waals surface area contributed by atoms with E-state index in [0.29, 0.717) is 6.42 Å². The molecule has 0 aromatic carbocycles. The molecule has 0 aromatic rings. The maximum atomic E-state index is 9.20. The molecule has 0 fully saturated rings. The van der Waals surface area contributed by atoms with Crippen molar-refractivity contribution in [1.82, 2.24) is 5.32 Å². The molecule has 2 unspecified atom stereocenters. The Hall–Kier alpha value is -0.120. The van der Waals surface area contributed by atoms with E-state index in [0.717, 1.165) is 13.0 Å². The third-order valence-corrected chi connectivity index (χ3v) is 1.68. The molecule has 0 saturated heterocycles. The molecule has 0 aliphatic heterocycles. The Balaban J connectivity index is 3.51. The highest BCUT2D eigenvalue weighted by Crippen LogP contribution is 1.97.